The number of hydrogen-bond donors (Lipinski definition) is 2. The van der Waals surface area contributed by atoms with E-state index in [-0.39, 0.29) is 6.04 Å². The molecular weight excluding hydrogens is 178 g/mol. The van der Waals surface area contributed by atoms with Gasteiger partial charge in [0.05, 0.1) is 23.8 Å². The molecule has 2 aromatic rings. The highest BCUT2D eigenvalue weighted by molar-refractivity contribution is 5.44. The van der Waals surface area contributed by atoms with Crippen molar-refractivity contribution in [1.29, 1.82) is 0 Å². The summed E-state index contributed by atoms with van der Waals surface area (Å²) in [6.45, 7) is 2.05. The molecule has 0 aromatic carbocycles. The van der Waals surface area contributed by atoms with Gasteiger partial charge in [-0.3, -0.25) is 0 Å². The average molecular weight is 191 g/mol. The summed E-state index contributed by atoms with van der Waals surface area (Å²) in [7, 11) is 1.90. The molecule has 2 heterocycles. The normalized spacial score (nSPS) is 13.3. The maximum Gasteiger partial charge on any atom is 0.155 e. The Hall–Kier alpha value is -1.62. The molecule has 0 saturated carbocycles. The van der Waals surface area contributed by atoms with Crippen LogP contribution in [0.1, 0.15) is 18.7 Å². The summed E-state index contributed by atoms with van der Waals surface area (Å²) >= 11 is 0. The number of rotatable bonds is 2. The van der Waals surface area contributed by atoms with E-state index in [1.807, 2.05) is 20.0 Å². The first kappa shape index (κ1) is 8.96. The summed E-state index contributed by atoms with van der Waals surface area (Å²) in [6.07, 6.45) is 3.39. The lowest BCUT2D eigenvalue weighted by Gasteiger charge is -2.03. The maximum atomic E-state index is 5.60. The van der Waals surface area contributed by atoms with Gasteiger partial charge < -0.3 is 11.1 Å². The molecule has 0 aliphatic carbocycles. The molecule has 14 heavy (non-hydrogen) atoms. The molecule has 0 saturated heterocycles. The van der Waals surface area contributed by atoms with Crippen LogP contribution in [-0.2, 0) is 0 Å². The van der Waals surface area contributed by atoms with Gasteiger partial charge in [-0.25, -0.2) is 9.50 Å². The van der Waals surface area contributed by atoms with Gasteiger partial charge in [0.2, 0.25) is 0 Å². The van der Waals surface area contributed by atoms with Crippen molar-refractivity contribution in [3.63, 3.8) is 0 Å². The van der Waals surface area contributed by atoms with Crippen molar-refractivity contribution in [3.8, 4) is 0 Å². The zero-order valence-electron chi connectivity index (χ0n) is 8.23. The monoisotopic (exact) mass is 191 g/mol. The van der Waals surface area contributed by atoms with E-state index in [1.165, 1.54) is 0 Å². The second-order valence-electron chi connectivity index (χ2n) is 3.27. The Morgan fingerprint density at radius 3 is 3.07 bits per heavy atom. The van der Waals surface area contributed by atoms with Crippen LogP contribution in [0.15, 0.2) is 18.5 Å². The second-order valence-corrected chi connectivity index (χ2v) is 3.27. The first-order valence-corrected chi connectivity index (χ1v) is 4.49. The number of nitrogens with zero attached hydrogens (tertiary/aromatic N) is 3. The van der Waals surface area contributed by atoms with Crippen LogP contribution in [0, 0.1) is 0 Å². The smallest absolute Gasteiger partial charge is 0.155 e. The van der Waals surface area contributed by atoms with Crippen LogP contribution >= 0.6 is 0 Å². The largest absolute Gasteiger partial charge is 0.396 e. The lowest BCUT2D eigenvalue weighted by atomic mass is 10.2. The van der Waals surface area contributed by atoms with Gasteiger partial charge in [-0.1, -0.05) is 0 Å². The Bertz CT molecular complexity index is 447. The van der Waals surface area contributed by atoms with E-state index in [1.54, 1.807) is 16.9 Å². The minimum absolute atomic E-state index is 0.220. The van der Waals surface area contributed by atoms with Crippen LogP contribution < -0.4 is 11.1 Å². The van der Waals surface area contributed by atoms with Gasteiger partial charge in [0.25, 0.3) is 0 Å². The Balaban J connectivity index is 2.51. The third-order valence-electron chi connectivity index (χ3n) is 2.23. The van der Waals surface area contributed by atoms with E-state index in [9.17, 15) is 0 Å². The molecule has 0 bridgehead atoms. The topological polar surface area (TPSA) is 68.2 Å². The fourth-order valence-corrected chi connectivity index (χ4v) is 1.27. The van der Waals surface area contributed by atoms with Crippen LogP contribution in [0.3, 0.4) is 0 Å². The van der Waals surface area contributed by atoms with Gasteiger partial charge in [-0.15, -0.1) is 0 Å². The third-order valence-corrected chi connectivity index (χ3v) is 2.23. The summed E-state index contributed by atoms with van der Waals surface area (Å²) in [5, 5.41) is 7.48. The Kier molecular flexibility index (Phi) is 2.09. The molecule has 1 unspecified atom stereocenters. The van der Waals surface area contributed by atoms with E-state index >= 15 is 0 Å². The molecule has 5 nitrogen and oxygen atoms in total. The third kappa shape index (κ3) is 1.42. The van der Waals surface area contributed by atoms with Crippen molar-refractivity contribution in [2.24, 2.45) is 0 Å². The van der Waals surface area contributed by atoms with Crippen molar-refractivity contribution in [2.45, 2.75) is 13.0 Å². The van der Waals surface area contributed by atoms with Crippen molar-refractivity contribution < 1.29 is 0 Å². The van der Waals surface area contributed by atoms with Gasteiger partial charge >= 0.3 is 0 Å². The number of hydrogen-bond acceptors (Lipinski definition) is 4. The minimum atomic E-state index is 0.220. The average Bonchev–Trinajstić information content (AvgIpc) is 2.59. The van der Waals surface area contributed by atoms with Crippen LogP contribution in [0.4, 0.5) is 5.69 Å². The second kappa shape index (κ2) is 3.26. The number of nitrogens with one attached hydrogen (secondary N) is 1. The predicted molar refractivity (Wildman–Crippen MR) is 54.9 cm³/mol. The van der Waals surface area contributed by atoms with E-state index in [4.69, 9.17) is 5.73 Å². The molecule has 0 radical (unpaired) electrons. The molecule has 1 atom stereocenters. The zero-order valence-corrected chi connectivity index (χ0v) is 8.23. The van der Waals surface area contributed by atoms with E-state index < -0.39 is 0 Å². The molecule has 2 aromatic heterocycles. The molecule has 0 aliphatic rings. The van der Waals surface area contributed by atoms with Crippen molar-refractivity contribution in [3.05, 3.63) is 24.2 Å². The molecule has 0 aliphatic heterocycles. The fourth-order valence-electron chi connectivity index (χ4n) is 1.27. The number of nitrogen functional groups attached to an aromatic ring is 1. The molecule has 3 N–H and O–H groups in total. The lowest BCUT2D eigenvalue weighted by Crippen LogP contribution is -2.12. The summed E-state index contributed by atoms with van der Waals surface area (Å²) in [5.41, 5.74) is 8.00. The molecule has 0 fully saturated rings. The maximum absolute atomic E-state index is 5.60. The molecule has 74 valence electrons. The minimum Gasteiger partial charge on any atom is -0.396 e. The molecule has 5 heteroatoms. The van der Waals surface area contributed by atoms with Crippen molar-refractivity contribution in [1.82, 2.24) is 19.9 Å². The summed E-state index contributed by atoms with van der Waals surface area (Å²) in [5.74, 6) is 0. The summed E-state index contributed by atoms with van der Waals surface area (Å²) in [6, 6.07) is 2.17. The van der Waals surface area contributed by atoms with Crippen LogP contribution in [0.25, 0.3) is 5.65 Å². The Morgan fingerprint density at radius 1 is 1.57 bits per heavy atom. The van der Waals surface area contributed by atoms with Gasteiger partial charge in [-0.05, 0) is 14.0 Å². The van der Waals surface area contributed by atoms with Crippen LogP contribution in [0.2, 0.25) is 0 Å². The Morgan fingerprint density at radius 2 is 2.36 bits per heavy atom. The first-order chi connectivity index (χ1) is 6.70. The number of fused-ring (bicyclic) bond motifs is 1. The lowest BCUT2D eigenvalue weighted by molar-refractivity contribution is 0.625. The van der Waals surface area contributed by atoms with Crippen LogP contribution in [-0.4, -0.2) is 21.6 Å². The van der Waals surface area contributed by atoms with E-state index in [0.29, 0.717) is 5.69 Å². The quantitative estimate of drug-likeness (QED) is 0.729. The van der Waals surface area contributed by atoms with Crippen LogP contribution in [0.5, 0.6) is 0 Å². The number of nitrogens with two attached hydrogens (primary N) is 1. The summed E-state index contributed by atoms with van der Waals surface area (Å²) < 4.78 is 1.69. The van der Waals surface area contributed by atoms with Gasteiger partial charge in [0.1, 0.15) is 0 Å². The first-order valence-electron chi connectivity index (χ1n) is 4.49. The van der Waals surface area contributed by atoms with Gasteiger partial charge in [0.15, 0.2) is 5.65 Å². The highest BCUT2D eigenvalue weighted by atomic mass is 15.3. The SMILES string of the molecule is CNC(C)c1cc2ncc(N)cn2n1. The Labute approximate surface area is 81.9 Å². The molecule has 0 amide bonds. The van der Waals surface area contributed by atoms with Crippen molar-refractivity contribution in [2.75, 3.05) is 12.8 Å². The zero-order chi connectivity index (χ0) is 10.1. The predicted octanol–water partition coefficient (Wildman–Crippen LogP) is 0.592. The highest BCUT2D eigenvalue weighted by Crippen LogP contribution is 2.12. The highest BCUT2D eigenvalue weighted by Gasteiger charge is 2.08. The van der Waals surface area contributed by atoms with Gasteiger partial charge in [0, 0.05) is 12.1 Å². The van der Waals surface area contributed by atoms with Crippen molar-refractivity contribution >= 4 is 11.3 Å². The van der Waals surface area contributed by atoms with Gasteiger partial charge in [-0.2, -0.15) is 5.10 Å². The van der Waals surface area contributed by atoms with E-state index in [0.717, 1.165) is 11.3 Å². The van der Waals surface area contributed by atoms with E-state index in [2.05, 4.69) is 15.4 Å². The summed E-state index contributed by atoms with van der Waals surface area (Å²) in [4.78, 5) is 4.17. The number of anilines is 1. The standard InChI is InChI=1S/C9H13N5/c1-6(11-2)8-3-9-12-4-7(10)5-14(9)13-8/h3-6,11H,10H2,1-2H3. The molecule has 0 spiro atoms. The number of aromatic nitrogens is 3. The molecule has 2 rings (SSSR count). The molecular formula is C9H13N5. The fraction of sp³-hybridized carbons (Fsp3) is 0.333.